The molecule has 2 heterocycles. The van der Waals surface area contributed by atoms with Crippen LogP contribution in [0.5, 0.6) is 5.75 Å². The van der Waals surface area contributed by atoms with Crippen molar-refractivity contribution in [2.45, 2.75) is 25.5 Å². The van der Waals surface area contributed by atoms with Gasteiger partial charge in [-0.15, -0.1) is 0 Å². The summed E-state index contributed by atoms with van der Waals surface area (Å²) in [7, 11) is 0. The van der Waals surface area contributed by atoms with Gasteiger partial charge in [-0.3, -0.25) is 9.69 Å². The summed E-state index contributed by atoms with van der Waals surface area (Å²) in [6, 6.07) is 8.40. The Bertz CT molecular complexity index is 519. The first kappa shape index (κ1) is 14.4. The fourth-order valence-corrected chi connectivity index (χ4v) is 3.34. The molecule has 1 aromatic carbocycles. The largest absolute Gasteiger partial charge is 0.493 e. The molecular weight excluding hydrogens is 270 g/mol. The van der Waals surface area contributed by atoms with Crippen molar-refractivity contribution >= 4 is 5.97 Å². The number of carboxylic acid groups (broad SMARTS) is 1. The van der Waals surface area contributed by atoms with Crippen molar-refractivity contribution in [3.05, 3.63) is 29.8 Å². The second-order valence-corrected chi connectivity index (χ2v) is 5.86. The molecule has 0 spiro atoms. The molecule has 0 aromatic heterocycles. The van der Waals surface area contributed by atoms with Gasteiger partial charge in [0.05, 0.1) is 25.7 Å². The number of rotatable bonds is 3. The number of hydrogen-bond donors (Lipinski definition) is 1. The maximum Gasteiger partial charge on any atom is 0.306 e. The zero-order chi connectivity index (χ0) is 14.8. The van der Waals surface area contributed by atoms with Crippen LogP contribution in [0.4, 0.5) is 0 Å². The van der Waals surface area contributed by atoms with Gasteiger partial charge in [0.2, 0.25) is 0 Å². The Morgan fingerprint density at radius 3 is 3.05 bits per heavy atom. The van der Waals surface area contributed by atoms with Crippen LogP contribution in [-0.2, 0) is 9.53 Å². The molecule has 3 atom stereocenters. The fourth-order valence-electron chi connectivity index (χ4n) is 3.34. The number of fused-ring (bicyclic) bond motifs is 1. The molecule has 0 amide bonds. The Morgan fingerprint density at radius 1 is 1.43 bits per heavy atom. The minimum atomic E-state index is -0.803. The lowest BCUT2D eigenvalue weighted by molar-refractivity contribution is -0.143. The predicted octanol–water partition coefficient (Wildman–Crippen LogP) is 1.93. The van der Waals surface area contributed by atoms with Gasteiger partial charge in [-0.1, -0.05) is 25.1 Å². The summed E-state index contributed by atoms with van der Waals surface area (Å²) in [6.45, 7) is 4.96. The molecule has 5 heteroatoms. The van der Waals surface area contributed by atoms with Gasteiger partial charge in [-0.2, -0.15) is 0 Å². The zero-order valence-electron chi connectivity index (χ0n) is 12.2. The minimum Gasteiger partial charge on any atom is -0.493 e. The van der Waals surface area contributed by atoms with Crippen LogP contribution >= 0.6 is 0 Å². The number of aliphatic carboxylic acids is 1. The third kappa shape index (κ3) is 3.04. The van der Waals surface area contributed by atoms with E-state index in [1.165, 1.54) is 5.56 Å². The molecule has 114 valence electrons. The van der Waals surface area contributed by atoms with Crippen molar-refractivity contribution in [2.24, 2.45) is 5.92 Å². The second kappa shape index (κ2) is 6.03. The smallest absolute Gasteiger partial charge is 0.306 e. The molecule has 5 nitrogen and oxygen atoms in total. The zero-order valence-corrected chi connectivity index (χ0v) is 12.2. The minimum absolute atomic E-state index is 0.0652. The van der Waals surface area contributed by atoms with Gasteiger partial charge in [-0.25, -0.2) is 0 Å². The van der Waals surface area contributed by atoms with Gasteiger partial charge >= 0.3 is 5.97 Å². The van der Waals surface area contributed by atoms with Crippen molar-refractivity contribution < 1.29 is 19.4 Å². The summed E-state index contributed by atoms with van der Waals surface area (Å²) in [5, 5.41) is 8.95. The molecule has 2 aliphatic heterocycles. The lowest BCUT2D eigenvalue weighted by Gasteiger charge is -2.43. The van der Waals surface area contributed by atoms with Gasteiger partial charge < -0.3 is 14.6 Å². The third-order valence-electron chi connectivity index (χ3n) is 4.24. The molecule has 0 saturated carbocycles. The summed E-state index contributed by atoms with van der Waals surface area (Å²) < 4.78 is 11.4. The molecule has 1 fully saturated rings. The van der Waals surface area contributed by atoms with E-state index in [-0.39, 0.29) is 18.6 Å². The van der Waals surface area contributed by atoms with E-state index in [2.05, 4.69) is 17.9 Å². The van der Waals surface area contributed by atoms with E-state index in [0.717, 1.165) is 12.3 Å². The predicted molar refractivity (Wildman–Crippen MR) is 77.4 cm³/mol. The van der Waals surface area contributed by atoms with Crippen molar-refractivity contribution in [1.29, 1.82) is 0 Å². The van der Waals surface area contributed by atoms with E-state index in [1.54, 1.807) is 0 Å². The maximum atomic E-state index is 10.9. The number of ether oxygens (including phenoxy) is 2. The topological polar surface area (TPSA) is 59.0 Å². The lowest BCUT2D eigenvalue weighted by atomic mass is 9.90. The Balaban J connectivity index is 1.80. The number of para-hydroxylation sites is 1. The SMILES string of the molecule is CC1COc2ccccc2C1N1CCOC(CC(=O)O)C1. The monoisotopic (exact) mass is 291 g/mol. The van der Waals surface area contributed by atoms with Crippen LogP contribution in [0.15, 0.2) is 24.3 Å². The highest BCUT2D eigenvalue weighted by molar-refractivity contribution is 5.67. The van der Waals surface area contributed by atoms with Crippen LogP contribution in [0, 0.1) is 5.92 Å². The van der Waals surface area contributed by atoms with Crippen LogP contribution in [-0.4, -0.2) is 48.4 Å². The number of hydrogen-bond acceptors (Lipinski definition) is 4. The third-order valence-corrected chi connectivity index (χ3v) is 4.24. The standard InChI is InChI=1S/C16H21NO4/c1-11-10-21-14-5-3-2-4-13(14)16(11)17-6-7-20-12(9-17)8-15(18)19/h2-5,11-12,16H,6-10H2,1H3,(H,18,19). The highest BCUT2D eigenvalue weighted by atomic mass is 16.5. The molecule has 1 saturated heterocycles. The van der Waals surface area contributed by atoms with Gasteiger partial charge in [0, 0.05) is 30.6 Å². The Hall–Kier alpha value is -1.59. The molecular formula is C16H21NO4. The molecule has 1 N–H and O–H groups in total. The molecule has 2 aliphatic rings. The Kier molecular flexibility index (Phi) is 4.12. The van der Waals surface area contributed by atoms with E-state index in [9.17, 15) is 4.79 Å². The normalized spacial score (nSPS) is 29.5. The van der Waals surface area contributed by atoms with E-state index in [0.29, 0.717) is 25.7 Å². The van der Waals surface area contributed by atoms with Crippen LogP contribution < -0.4 is 4.74 Å². The molecule has 0 aliphatic carbocycles. The summed E-state index contributed by atoms with van der Waals surface area (Å²) in [5.74, 6) is 0.521. The van der Waals surface area contributed by atoms with Crippen molar-refractivity contribution in [3.8, 4) is 5.75 Å². The first-order valence-electron chi connectivity index (χ1n) is 7.44. The second-order valence-electron chi connectivity index (χ2n) is 5.86. The van der Waals surface area contributed by atoms with Gasteiger partial charge in [0.1, 0.15) is 5.75 Å². The summed E-state index contributed by atoms with van der Waals surface area (Å²) in [5.41, 5.74) is 1.20. The van der Waals surface area contributed by atoms with Crippen LogP contribution in [0.25, 0.3) is 0 Å². The van der Waals surface area contributed by atoms with E-state index >= 15 is 0 Å². The number of benzene rings is 1. The number of morpholine rings is 1. The Labute approximate surface area is 124 Å². The highest BCUT2D eigenvalue weighted by Crippen LogP contribution is 2.39. The van der Waals surface area contributed by atoms with Crippen molar-refractivity contribution in [1.82, 2.24) is 4.90 Å². The van der Waals surface area contributed by atoms with Crippen molar-refractivity contribution in [3.63, 3.8) is 0 Å². The molecule has 3 unspecified atom stereocenters. The highest BCUT2D eigenvalue weighted by Gasteiger charge is 2.35. The number of carboxylic acids is 1. The quantitative estimate of drug-likeness (QED) is 0.922. The maximum absolute atomic E-state index is 10.9. The van der Waals surface area contributed by atoms with Crippen LogP contribution in [0.2, 0.25) is 0 Å². The van der Waals surface area contributed by atoms with Gasteiger partial charge in [0.15, 0.2) is 0 Å². The summed E-state index contributed by atoms with van der Waals surface area (Å²) >= 11 is 0. The molecule has 21 heavy (non-hydrogen) atoms. The van der Waals surface area contributed by atoms with Crippen LogP contribution in [0.1, 0.15) is 24.9 Å². The first-order valence-corrected chi connectivity index (χ1v) is 7.44. The average Bonchev–Trinajstić information content (AvgIpc) is 2.46. The van der Waals surface area contributed by atoms with Gasteiger partial charge in [-0.05, 0) is 6.07 Å². The number of nitrogens with zero attached hydrogens (tertiary/aromatic N) is 1. The molecule has 3 rings (SSSR count). The Morgan fingerprint density at radius 2 is 2.24 bits per heavy atom. The molecule has 0 radical (unpaired) electrons. The molecule has 1 aromatic rings. The first-order chi connectivity index (χ1) is 10.1. The van der Waals surface area contributed by atoms with Crippen molar-refractivity contribution in [2.75, 3.05) is 26.3 Å². The number of carbonyl (C=O) groups is 1. The lowest BCUT2D eigenvalue weighted by Crippen LogP contribution is -2.48. The summed E-state index contributed by atoms with van der Waals surface area (Å²) in [4.78, 5) is 13.2. The molecule has 0 bridgehead atoms. The van der Waals surface area contributed by atoms with Crippen LogP contribution in [0.3, 0.4) is 0 Å². The van der Waals surface area contributed by atoms with E-state index in [4.69, 9.17) is 14.6 Å². The van der Waals surface area contributed by atoms with E-state index < -0.39 is 5.97 Å². The van der Waals surface area contributed by atoms with Gasteiger partial charge in [0.25, 0.3) is 0 Å². The fraction of sp³-hybridized carbons (Fsp3) is 0.562. The average molecular weight is 291 g/mol. The summed E-state index contributed by atoms with van der Waals surface area (Å²) in [6.07, 6.45) is -0.158. The van der Waals surface area contributed by atoms with E-state index in [1.807, 2.05) is 18.2 Å².